The first-order valence-corrected chi connectivity index (χ1v) is 3.60. The Morgan fingerprint density at radius 2 is 2.38 bits per heavy atom. The van der Waals surface area contributed by atoms with Gasteiger partial charge in [-0.1, -0.05) is 23.2 Å². The molecular formula is C10H7FNO. The van der Waals surface area contributed by atoms with E-state index in [1.807, 2.05) is 0 Å². The number of rotatable bonds is 3. The third kappa shape index (κ3) is 3.39. The van der Waals surface area contributed by atoms with Crippen LogP contribution >= 0.6 is 0 Å². The third-order valence-electron chi connectivity index (χ3n) is 1.21. The van der Waals surface area contributed by atoms with Crippen molar-refractivity contribution in [2.24, 2.45) is 5.16 Å². The van der Waals surface area contributed by atoms with Crippen molar-refractivity contribution in [1.82, 2.24) is 0 Å². The highest BCUT2D eigenvalue weighted by atomic mass is 19.1. The molecule has 1 rings (SSSR count). The van der Waals surface area contributed by atoms with Crippen LogP contribution in [0.2, 0.25) is 0 Å². The average molecular weight is 176 g/mol. The van der Waals surface area contributed by atoms with Gasteiger partial charge in [-0.15, -0.1) is 6.42 Å². The van der Waals surface area contributed by atoms with Gasteiger partial charge in [-0.2, -0.15) is 0 Å². The molecule has 2 nitrogen and oxygen atoms in total. The quantitative estimate of drug-likeness (QED) is 0.297. The van der Waals surface area contributed by atoms with Gasteiger partial charge in [0.2, 0.25) is 0 Å². The molecule has 0 aliphatic heterocycles. The molecule has 3 heteroatoms. The van der Waals surface area contributed by atoms with Crippen LogP contribution in [0.3, 0.4) is 0 Å². The lowest BCUT2D eigenvalue weighted by Gasteiger charge is -1.91. The van der Waals surface area contributed by atoms with Crippen molar-refractivity contribution in [1.29, 1.82) is 0 Å². The first-order chi connectivity index (χ1) is 6.33. The number of hydrogen-bond acceptors (Lipinski definition) is 2. The molecule has 0 unspecified atom stereocenters. The smallest absolute Gasteiger partial charge is 0.177 e. The van der Waals surface area contributed by atoms with Crippen LogP contribution in [0.5, 0.6) is 0 Å². The Hall–Kier alpha value is -1.82. The third-order valence-corrected chi connectivity index (χ3v) is 1.21. The summed E-state index contributed by atoms with van der Waals surface area (Å²) < 4.78 is 12.6. The topological polar surface area (TPSA) is 21.6 Å². The van der Waals surface area contributed by atoms with Crippen LogP contribution in [-0.2, 0) is 4.84 Å². The molecule has 0 atom stereocenters. The molecule has 0 aliphatic rings. The van der Waals surface area contributed by atoms with Gasteiger partial charge in [0.05, 0.1) is 0 Å². The van der Waals surface area contributed by atoms with E-state index in [-0.39, 0.29) is 12.4 Å². The second kappa shape index (κ2) is 4.94. The molecule has 0 fully saturated rings. The van der Waals surface area contributed by atoms with Crippen LogP contribution in [0.25, 0.3) is 0 Å². The SMILES string of the molecule is C#CCON=[C]c1cccc(F)c1. The van der Waals surface area contributed by atoms with E-state index < -0.39 is 0 Å². The molecule has 0 amide bonds. The molecule has 0 heterocycles. The Kier molecular flexibility index (Phi) is 3.52. The van der Waals surface area contributed by atoms with Gasteiger partial charge in [-0.05, 0) is 12.1 Å². The summed E-state index contributed by atoms with van der Waals surface area (Å²) >= 11 is 0. The highest BCUT2D eigenvalue weighted by Gasteiger charge is 1.91. The Balaban J connectivity index is 2.54. The van der Waals surface area contributed by atoms with Crippen LogP contribution in [0, 0.1) is 18.2 Å². The van der Waals surface area contributed by atoms with Gasteiger partial charge in [0.15, 0.2) is 6.61 Å². The van der Waals surface area contributed by atoms with Crippen molar-refractivity contribution in [3.8, 4) is 12.3 Å². The summed E-state index contributed by atoms with van der Waals surface area (Å²) in [5.74, 6) is 1.90. The van der Waals surface area contributed by atoms with Crippen LogP contribution in [0.15, 0.2) is 29.4 Å². The molecule has 0 aromatic heterocycles. The summed E-state index contributed by atoms with van der Waals surface area (Å²) in [5, 5.41) is 3.41. The average Bonchev–Trinajstić information content (AvgIpc) is 2.13. The van der Waals surface area contributed by atoms with E-state index in [1.54, 1.807) is 12.1 Å². The minimum atomic E-state index is -0.336. The first kappa shape index (κ1) is 9.27. The van der Waals surface area contributed by atoms with Crippen molar-refractivity contribution in [3.05, 3.63) is 35.6 Å². The van der Waals surface area contributed by atoms with E-state index in [0.29, 0.717) is 5.56 Å². The summed E-state index contributed by atoms with van der Waals surface area (Å²) in [6, 6.07) is 5.86. The maximum absolute atomic E-state index is 12.6. The lowest BCUT2D eigenvalue weighted by atomic mass is 10.2. The first-order valence-electron chi connectivity index (χ1n) is 3.60. The second-order valence-electron chi connectivity index (χ2n) is 2.19. The van der Waals surface area contributed by atoms with Gasteiger partial charge in [-0.25, -0.2) is 4.39 Å². The zero-order valence-electron chi connectivity index (χ0n) is 6.83. The predicted octanol–water partition coefficient (Wildman–Crippen LogP) is 1.69. The summed E-state index contributed by atoms with van der Waals surface area (Å²) in [7, 11) is 0. The van der Waals surface area contributed by atoms with E-state index in [4.69, 9.17) is 6.42 Å². The summed E-state index contributed by atoms with van der Waals surface area (Å²) in [4.78, 5) is 4.58. The van der Waals surface area contributed by atoms with Gasteiger partial charge >= 0.3 is 0 Å². The number of terminal acetylenes is 1. The Labute approximate surface area is 76.0 Å². The summed E-state index contributed by atoms with van der Waals surface area (Å²) in [6.07, 6.45) is 7.40. The number of halogens is 1. The minimum absolute atomic E-state index is 0.0856. The van der Waals surface area contributed by atoms with Crippen LogP contribution in [0.4, 0.5) is 4.39 Å². The fourth-order valence-corrected chi connectivity index (χ4v) is 0.713. The lowest BCUT2D eigenvalue weighted by molar-refractivity contribution is 0.181. The van der Waals surface area contributed by atoms with Crippen molar-refractivity contribution < 1.29 is 9.23 Å². The zero-order chi connectivity index (χ0) is 9.52. The molecule has 0 aliphatic carbocycles. The Morgan fingerprint density at radius 1 is 1.54 bits per heavy atom. The van der Waals surface area contributed by atoms with Gasteiger partial charge in [-0.3, -0.25) is 0 Å². The summed E-state index contributed by atoms with van der Waals surface area (Å²) in [5.41, 5.74) is 0.511. The van der Waals surface area contributed by atoms with E-state index in [9.17, 15) is 4.39 Å². The van der Waals surface area contributed by atoms with Crippen LogP contribution in [-0.4, -0.2) is 12.8 Å². The van der Waals surface area contributed by atoms with Gasteiger partial charge in [0.25, 0.3) is 0 Å². The molecule has 0 bridgehead atoms. The van der Waals surface area contributed by atoms with E-state index in [0.717, 1.165) is 0 Å². The van der Waals surface area contributed by atoms with Gasteiger partial charge < -0.3 is 4.84 Å². The highest BCUT2D eigenvalue weighted by molar-refractivity contribution is 5.78. The van der Waals surface area contributed by atoms with Gasteiger partial charge in [0, 0.05) is 5.56 Å². The number of hydrogen-bond donors (Lipinski definition) is 0. The number of nitrogens with zero attached hydrogens (tertiary/aromatic N) is 1. The van der Waals surface area contributed by atoms with Crippen molar-refractivity contribution in [2.45, 2.75) is 0 Å². The maximum atomic E-state index is 12.6. The Morgan fingerprint density at radius 3 is 3.08 bits per heavy atom. The fourth-order valence-electron chi connectivity index (χ4n) is 0.713. The molecule has 1 aromatic rings. The molecule has 0 spiro atoms. The summed E-state index contributed by atoms with van der Waals surface area (Å²) in [6.45, 7) is 0.0856. The standard InChI is InChI=1S/C10H7FNO/c1-2-6-13-12-8-9-4-3-5-10(11)7-9/h1,3-5,7H,6H2. The van der Waals surface area contributed by atoms with Crippen LogP contribution in [0.1, 0.15) is 5.56 Å². The molecule has 1 aromatic carbocycles. The molecule has 13 heavy (non-hydrogen) atoms. The molecule has 0 saturated carbocycles. The molecule has 1 radical (unpaired) electrons. The Bertz CT molecular complexity index is 341. The van der Waals surface area contributed by atoms with Crippen molar-refractivity contribution >= 4 is 6.21 Å². The zero-order valence-corrected chi connectivity index (χ0v) is 6.83. The van der Waals surface area contributed by atoms with E-state index >= 15 is 0 Å². The second-order valence-corrected chi connectivity index (χ2v) is 2.19. The van der Waals surface area contributed by atoms with Crippen molar-refractivity contribution in [3.63, 3.8) is 0 Å². The molecular weight excluding hydrogens is 169 g/mol. The van der Waals surface area contributed by atoms with E-state index in [2.05, 4.69) is 22.1 Å². The molecule has 0 saturated heterocycles. The predicted molar refractivity (Wildman–Crippen MR) is 47.7 cm³/mol. The van der Waals surface area contributed by atoms with Gasteiger partial charge in [0.1, 0.15) is 12.0 Å². The maximum Gasteiger partial charge on any atom is 0.177 e. The lowest BCUT2D eigenvalue weighted by Crippen LogP contribution is -1.86. The monoisotopic (exact) mass is 176 g/mol. The molecule has 0 N–H and O–H groups in total. The minimum Gasteiger partial charge on any atom is -0.382 e. The van der Waals surface area contributed by atoms with Crippen LogP contribution < -0.4 is 0 Å². The molecule has 65 valence electrons. The number of benzene rings is 1. The normalized spacial score (nSPS) is 9.85. The highest BCUT2D eigenvalue weighted by Crippen LogP contribution is 2.00. The van der Waals surface area contributed by atoms with Crippen molar-refractivity contribution in [2.75, 3.05) is 6.61 Å². The van der Waals surface area contributed by atoms with E-state index in [1.165, 1.54) is 12.1 Å². The largest absolute Gasteiger partial charge is 0.382 e. The fraction of sp³-hybridized carbons (Fsp3) is 0.100.